The van der Waals surface area contributed by atoms with Crippen molar-refractivity contribution >= 4 is 34.5 Å². The van der Waals surface area contributed by atoms with Gasteiger partial charge in [-0.25, -0.2) is 4.79 Å². The lowest BCUT2D eigenvalue weighted by atomic mass is 10.2. The fourth-order valence-electron chi connectivity index (χ4n) is 1.67. The number of carbonyl (C=O) groups is 2. The normalized spacial score (nSPS) is 11.9. The van der Waals surface area contributed by atoms with Crippen molar-refractivity contribution in [1.29, 1.82) is 0 Å². The van der Waals surface area contributed by atoms with Gasteiger partial charge in [0.05, 0.1) is 6.61 Å². The van der Waals surface area contributed by atoms with Crippen molar-refractivity contribution in [2.45, 2.75) is 32.2 Å². The van der Waals surface area contributed by atoms with E-state index < -0.39 is 11.9 Å². The van der Waals surface area contributed by atoms with Crippen molar-refractivity contribution < 1.29 is 23.1 Å². The first kappa shape index (κ1) is 19.5. The number of rotatable bonds is 8. The lowest BCUT2D eigenvalue weighted by molar-refractivity contribution is -0.164. The van der Waals surface area contributed by atoms with Crippen LogP contribution >= 0.6 is 22.6 Å². The van der Waals surface area contributed by atoms with Crippen LogP contribution in [0.25, 0.3) is 0 Å². The highest BCUT2D eigenvalue weighted by molar-refractivity contribution is 14.1. The van der Waals surface area contributed by atoms with Gasteiger partial charge in [0.25, 0.3) is 0 Å². The third-order valence-electron chi connectivity index (χ3n) is 2.81. The van der Waals surface area contributed by atoms with Crippen LogP contribution in [0, 0.1) is 0 Å². The highest BCUT2D eigenvalue weighted by Crippen LogP contribution is 2.24. The van der Waals surface area contributed by atoms with Crippen molar-refractivity contribution in [3.05, 3.63) is 45.6 Å². The van der Waals surface area contributed by atoms with Gasteiger partial charge < -0.3 is 10.1 Å². The van der Waals surface area contributed by atoms with Gasteiger partial charge in [0.2, 0.25) is 5.91 Å². The second-order valence-electron chi connectivity index (χ2n) is 4.70. The third kappa shape index (κ3) is 7.54. The number of hydrogen-bond acceptors (Lipinski definition) is 3. The van der Waals surface area contributed by atoms with E-state index in [4.69, 9.17) is 0 Å². The molecule has 0 spiro atoms. The van der Waals surface area contributed by atoms with Crippen LogP contribution in [0.1, 0.15) is 25.3 Å². The molecule has 1 rings (SSSR count). The molecular weight excluding hydrogens is 419 g/mol. The maximum atomic E-state index is 13.5. The monoisotopic (exact) mass is 437 g/mol. The van der Waals surface area contributed by atoms with Crippen LogP contribution in [0.5, 0.6) is 0 Å². The van der Waals surface area contributed by atoms with Crippen LogP contribution < -0.4 is 5.32 Å². The number of allylic oxidation sites excluding steroid dienone is 1. The lowest BCUT2D eigenvalue weighted by Crippen LogP contribution is -2.28. The summed E-state index contributed by atoms with van der Waals surface area (Å²) in [6.45, 7) is 1.74. The summed E-state index contributed by atoms with van der Waals surface area (Å²) in [6, 6.07) is 9.37. The van der Waals surface area contributed by atoms with Crippen LogP contribution in [0.3, 0.4) is 0 Å². The van der Waals surface area contributed by atoms with E-state index in [1.165, 1.54) is 6.92 Å². The number of ether oxygens (including phenoxy) is 1. The van der Waals surface area contributed by atoms with Crippen molar-refractivity contribution in [2.75, 3.05) is 6.61 Å². The highest BCUT2D eigenvalue weighted by Gasteiger charge is 2.38. The Bertz CT molecular complexity index is 562. The van der Waals surface area contributed by atoms with Crippen LogP contribution in [0.2, 0.25) is 0 Å². The smallest absolute Gasteiger partial charge is 0.381 e. The van der Waals surface area contributed by atoms with Crippen molar-refractivity contribution in [3.63, 3.8) is 0 Å². The molecule has 0 atom stereocenters. The summed E-state index contributed by atoms with van der Waals surface area (Å²) in [5.41, 5.74) is 0.958. The molecule has 0 bridgehead atoms. The zero-order valence-corrected chi connectivity index (χ0v) is 14.8. The van der Waals surface area contributed by atoms with E-state index in [1.54, 1.807) is 22.6 Å². The summed E-state index contributed by atoms with van der Waals surface area (Å²) in [6.07, 6.45) is 0.743. The van der Waals surface area contributed by atoms with Gasteiger partial charge in [0.1, 0.15) is 0 Å². The zero-order chi connectivity index (χ0) is 17.3. The number of nitrogens with one attached hydrogen (secondary N) is 1. The fourth-order valence-corrected chi connectivity index (χ4v) is 2.33. The molecule has 0 unspecified atom stereocenters. The standard InChI is InChI=1S/C16H18F2INO3/c1-2-23-15(22)16(17,18)10-13(19)8-9-14(21)20-11-12-6-4-3-5-7-12/h3-7,10H,2,8-9,11H2,1H3,(H,20,21)/b13-10+. The minimum Gasteiger partial charge on any atom is -0.461 e. The minimum atomic E-state index is -3.67. The Hall–Kier alpha value is -1.51. The molecule has 0 saturated heterocycles. The summed E-state index contributed by atoms with van der Waals surface area (Å²) < 4.78 is 31.5. The molecule has 23 heavy (non-hydrogen) atoms. The first-order chi connectivity index (χ1) is 10.8. The Morgan fingerprint density at radius 2 is 1.91 bits per heavy atom. The van der Waals surface area contributed by atoms with Gasteiger partial charge >= 0.3 is 11.9 Å². The van der Waals surface area contributed by atoms with Crippen molar-refractivity contribution in [3.8, 4) is 0 Å². The quantitative estimate of drug-likeness (QED) is 0.500. The lowest BCUT2D eigenvalue weighted by Gasteiger charge is -2.11. The summed E-state index contributed by atoms with van der Waals surface area (Å²) in [5.74, 6) is -5.49. The number of carbonyl (C=O) groups excluding carboxylic acids is 2. The Morgan fingerprint density at radius 1 is 1.26 bits per heavy atom. The Kier molecular flexibility index (Phi) is 8.15. The summed E-state index contributed by atoms with van der Waals surface area (Å²) >= 11 is 1.70. The molecule has 0 fully saturated rings. The molecule has 7 heteroatoms. The Balaban J connectivity index is 2.42. The van der Waals surface area contributed by atoms with E-state index in [9.17, 15) is 18.4 Å². The molecule has 0 saturated carbocycles. The summed E-state index contributed by atoms with van der Waals surface area (Å²) in [5, 5.41) is 2.71. The summed E-state index contributed by atoms with van der Waals surface area (Å²) in [4.78, 5) is 22.8. The average Bonchev–Trinajstić information content (AvgIpc) is 2.51. The van der Waals surface area contributed by atoms with Gasteiger partial charge in [-0.2, -0.15) is 8.78 Å². The predicted octanol–water partition coefficient (Wildman–Crippen LogP) is 3.60. The zero-order valence-electron chi connectivity index (χ0n) is 12.7. The van der Waals surface area contributed by atoms with E-state index in [1.807, 2.05) is 30.3 Å². The molecule has 0 aromatic heterocycles. The number of halogens is 3. The van der Waals surface area contributed by atoms with Crippen LogP contribution in [-0.4, -0.2) is 24.4 Å². The van der Waals surface area contributed by atoms with Gasteiger partial charge in [-0.15, -0.1) is 0 Å². The first-order valence-electron chi connectivity index (χ1n) is 7.08. The molecule has 0 aliphatic rings. The third-order valence-corrected chi connectivity index (χ3v) is 3.66. The molecule has 1 amide bonds. The number of amides is 1. The number of benzene rings is 1. The highest BCUT2D eigenvalue weighted by atomic mass is 127. The molecule has 0 radical (unpaired) electrons. The number of hydrogen-bond donors (Lipinski definition) is 1. The molecule has 1 aromatic carbocycles. The molecule has 0 aliphatic carbocycles. The van der Waals surface area contributed by atoms with Gasteiger partial charge in [0, 0.05) is 19.0 Å². The van der Waals surface area contributed by atoms with E-state index in [0.717, 1.165) is 5.56 Å². The molecule has 0 heterocycles. The first-order valence-corrected chi connectivity index (χ1v) is 8.16. The van der Waals surface area contributed by atoms with Gasteiger partial charge in [-0.3, -0.25) is 4.79 Å². The van der Waals surface area contributed by atoms with Crippen LogP contribution in [0.15, 0.2) is 40.0 Å². The van der Waals surface area contributed by atoms with Crippen molar-refractivity contribution in [2.24, 2.45) is 0 Å². The topological polar surface area (TPSA) is 55.4 Å². The van der Waals surface area contributed by atoms with E-state index in [0.29, 0.717) is 12.6 Å². The minimum absolute atomic E-state index is 0.0700. The van der Waals surface area contributed by atoms with E-state index in [-0.39, 0.29) is 28.9 Å². The Labute approximate surface area is 147 Å². The molecule has 1 aromatic rings. The SMILES string of the molecule is CCOC(=O)C(F)(F)/C=C(/I)CCC(=O)NCc1ccccc1. The fraction of sp³-hybridized carbons (Fsp3) is 0.375. The van der Waals surface area contributed by atoms with Gasteiger partial charge in [-0.05, 0) is 45.1 Å². The van der Waals surface area contributed by atoms with Crippen LogP contribution in [-0.2, 0) is 20.9 Å². The average molecular weight is 437 g/mol. The van der Waals surface area contributed by atoms with Crippen molar-refractivity contribution in [1.82, 2.24) is 5.32 Å². The second kappa shape index (κ2) is 9.59. The Morgan fingerprint density at radius 3 is 2.52 bits per heavy atom. The predicted molar refractivity (Wildman–Crippen MR) is 91.2 cm³/mol. The number of esters is 1. The number of alkyl halides is 2. The molecule has 0 aliphatic heterocycles. The molecule has 126 valence electrons. The van der Waals surface area contributed by atoms with E-state index in [2.05, 4.69) is 10.1 Å². The largest absolute Gasteiger partial charge is 0.461 e. The molecule has 4 nitrogen and oxygen atoms in total. The summed E-state index contributed by atoms with van der Waals surface area (Å²) in [7, 11) is 0. The maximum Gasteiger partial charge on any atom is 0.381 e. The molecule has 1 N–H and O–H groups in total. The van der Waals surface area contributed by atoms with Gasteiger partial charge in [0.15, 0.2) is 0 Å². The van der Waals surface area contributed by atoms with Crippen LogP contribution in [0.4, 0.5) is 8.78 Å². The maximum absolute atomic E-state index is 13.5. The molecular formula is C16H18F2INO3. The van der Waals surface area contributed by atoms with Gasteiger partial charge in [-0.1, -0.05) is 30.3 Å². The van der Waals surface area contributed by atoms with E-state index >= 15 is 0 Å². The second-order valence-corrected chi connectivity index (χ2v) is 6.08.